The van der Waals surface area contributed by atoms with Gasteiger partial charge in [-0.05, 0) is 18.2 Å². The van der Waals surface area contributed by atoms with Crippen molar-refractivity contribution in [3.8, 4) is 18.1 Å². The minimum atomic E-state index is 0.274. The third-order valence-electron chi connectivity index (χ3n) is 2.03. The van der Waals surface area contributed by atoms with Gasteiger partial charge in [0.25, 0.3) is 0 Å². The molecule has 0 heterocycles. The molecule has 16 heavy (non-hydrogen) atoms. The average Bonchev–Trinajstić information content (AvgIpc) is 2.25. The highest BCUT2D eigenvalue weighted by Crippen LogP contribution is 2.22. The van der Waals surface area contributed by atoms with E-state index in [0.29, 0.717) is 11.1 Å². The molecule has 0 aliphatic rings. The molecule has 1 N–H and O–H groups in total. The van der Waals surface area contributed by atoms with E-state index in [0.717, 1.165) is 17.9 Å². The Morgan fingerprint density at radius 1 is 1.50 bits per heavy atom. The smallest absolute Gasteiger partial charge is 0.148 e. The van der Waals surface area contributed by atoms with Crippen molar-refractivity contribution in [2.24, 2.45) is 0 Å². The van der Waals surface area contributed by atoms with Crippen LogP contribution in [0.15, 0.2) is 18.2 Å². The number of benzene rings is 1. The lowest BCUT2D eigenvalue weighted by molar-refractivity contribution is 0.364. The van der Waals surface area contributed by atoms with Gasteiger partial charge in [-0.25, -0.2) is 0 Å². The Morgan fingerprint density at radius 2 is 2.25 bits per heavy atom. The van der Waals surface area contributed by atoms with Crippen LogP contribution in [0, 0.1) is 12.3 Å². The molecule has 1 aromatic rings. The van der Waals surface area contributed by atoms with E-state index in [9.17, 15) is 0 Å². The predicted octanol–water partition coefficient (Wildman–Crippen LogP) is 2.85. The van der Waals surface area contributed by atoms with Crippen molar-refractivity contribution in [3.63, 3.8) is 0 Å². The lowest BCUT2D eigenvalue weighted by Crippen LogP contribution is -2.22. The van der Waals surface area contributed by atoms with Gasteiger partial charge in [0.2, 0.25) is 0 Å². The highest BCUT2D eigenvalue weighted by atomic mass is 35.5. The van der Waals surface area contributed by atoms with Crippen LogP contribution >= 0.6 is 11.6 Å². The van der Waals surface area contributed by atoms with Crippen LogP contribution in [0.5, 0.6) is 5.75 Å². The zero-order chi connectivity index (χ0) is 12.0. The summed E-state index contributed by atoms with van der Waals surface area (Å²) in [7, 11) is 0. The Bertz CT molecular complexity index is 382. The van der Waals surface area contributed by atoms with Gasteiger partial charge in [-0.1, -0.05) is 31.4 Å². The third-order valence-corrected chi connectivity index (χ3v) is 2.27. The Morgan fingerprint density at radius 3 is 2.88 bits per heavy atom. The van der Waals surface area contributed by atoms with Crippen LogP contribution in [0.2, 0.25) is 5.02 Å². The summed E-state index contributed by atoms with van der Waals surface area (Å²) in [5.41, 5.74) is 1.02. The second-order valence-corrected chi connectivity index (χ2v) is 4.22. The van der Waals surface area contributed by atoms with Gasteiger partial charge in [-0.15, -0.1) is 6.42 Å². The molecule has 0 radical (unpaired) electrons. The Labute approximate surface area is 102 Å². The maximum Gasteiger partial charge on any atom is 0.148 e. The maximum absolute atomic E-state index is 5.94. The standard InChI is InChI=1S/C13H16ClNO/c1-4-7-16-13-6-5-12(14)8-11(13)9-15-10(2)3/h1,5-6,8,10,15H,7,9H2,2-3H3. The van der Waals surface area contributed by atoms with Crippen molar-refractivity contribution in [1.29, 1.82) is 0 Å². The van der Waals surface area contributed by atoms with Gasteiger partial charge in [0, 0.05) is 23.2 Å². The summed E-state index contributed by atoms with van der Waals surface area (Å²) in [6.07, 6.45) is 5.16. The molecule has 2 nitrogen and oxygen atoms in total. The molecule has 0 aliphatic carbocycles. The lowest BCUT2D eigenvalue weighted by Gasteiger charge is -2.12. The molecule has 1 rings (SSSR count). The van der Waals surface area contributed by atoms with Gasteiger partial charge in [-0.3, -0.25) is 0 Å². The van der Waals surface area contributed by atoms with Crippen LogP contribution < -0.4 is 10.1 Å². The topological polar surface area (TPSA) is 21.3 Å². The predicted molar refractivity (Wildman–Crippen MR) is 67.8 cm³/mol. The average molecular weight is 238 g/mol. The monoisotopic (exact) mass is 237 g/mol. The quantitative estimate of drug-likeness (QED) is 0.796. The van der Waals surface area contributed by atoms with E-state index in [1.165, 1.54) is 0 Å². The molecule has 86 valence electrons. The van der Waals surface area contributed by atoms with E-state index in [4.69, 9.17) is 22.8 Å². The Hall–Kier alpha value is -1.17. The summed E-state index contributed by atoms with van der Waals surface area (Å²) < 4.78 is 5.44. The van der Waals surface area contributed by atoms with Gasteiger partial charge in [0.15, 0.2) is 0 Å². The molecule has 0 spiro atoms. The van der Waals surface area contributed by atoms with E-state index < -0.39 is 0 Å². The number of hydrogen-bond acceptors (Lipinski definition) is 2. The second kappa shape index (κ2) is 6.42. The first-order valence-corrected chi connectivity index (χ1v) is 5.59. The fraction of sp³-hybridized carbons (Fsp3) is 0.385. The van der Waals surface area contributed by atoms with Crippen LogP contribution in [0.3, 0.4) is 0 Å². The van der Waals surface area contributed by atoms with Crippen molar-refractivity contribution < 1.29 is 4.74 Å². The van der Waals surface area contributed by atoms with Crippen molar-refractivity contribution >= 4 is 11.6 Å². The minimum Gasteiger partial charge on any atom is -0.481 e. The molecular formula is C13H16ClNO. The van der Waals surface area contributed by atoms with Gasteiger partial charge in [0.05, 0.1) is 0 Å². The molecule has 0 saturated heterocycles. The van der Waals surface area contributed by atoms with E-state index >= 15 is 0 Å². The summed E-state index contributed by atoms with van der Waals surface area (Å²) in [6, 6.07) is 5.95. The summed E-state index contributed by atoms with van der Waals surface area (Å²) in [5, 5.41) is 4.02. The number of rotatable bonds is 5. The normalized spacial score (nSPS) is 10.2. The molecule has 0 amide bonds. The number of nitrogens with one attached hydrogen (secondary N) is 1. The number of halogens is 1. The fourth-order valence-corrected chi connectivity index (χ4v) is 1.46. The van der Waals surface area contributed by atoms with E-state index in [-0.39, 0.29) is 6.61 Å². The summed E-state index contributed by atoms with van der Waals surface area (Å²) >= 11 is 5.94. The van der Waals surface area contributed by atoms with Crippen LogP contribution in [-0.4, -0.2) is 12.6 Å². The second-order valence-electron chi connectivity index (χ2n) is 3.78. The number of ether oxygens (including phenoxy) is 1. The van der Waals surface area contributed by atoms with E-state index in [1.54, 1.807) is 6.07 Å². The van der Waals surface area contributed by atoms with Crippen LogP contribution in [0.4, 0.5) is 0 Å². The SMILES string of the molecule is C#CCOc1ccc(Cl)cc1CNC(C)C. The molecule has 0 saturated carbocycles. The molecule has 3 heteroatoms. The highest BCUT2D eigenvalue weighted by Gasteiger charge is 2.05. The molecule has 0 atom stereocenters. The van der Waals surface area contributed by atoms with Gasteiger partial charge < -0.3 is 10.1 Å². The van der Waals surface area contributed by atoms with Crippen LogP contribution in [-0.2, 0) is 6.54 Å². The number of terminal acetylenes is 1. The largest absolute Gasteiger partial charge is 0.481 e. The van der Waals surface area contributed by atoms with E-state index in [2.05, 4.69) is 25.1 Å². The van der Waals surface area contributed by atoms with Gasteiger partial charge in [0.1, 0.15) is 12.4 Å². The first-order valence-electron chi connectivity index (χ1n) is 5.21. The minimum absolute atomic E-state index is 0.274. The molecule has 0 bridgehead atoms. The van der Waals surface area contributed by atoms with E-state index in [1.807, 2.05) is 12.1 Å². The molecular weight excluding hydrogens is 222 g/mol. The van der Waals surface area contributed by atoms with Gasteiger partial charge >= 0.3 is 0 Å². The summed E-state index contributed by atoms with van der Waals surface area (Å²) in [4.78, 5) is 0. The van der Waals surface area contributed by atoms with Crippen molar-refractivity contribution in [2.45, 2.75) is 26.4 Å². The zero-order valence-electron chi connectivity index (χ0n) is 9.59. The maximum atomic E-state index is 5.94. The lowest BCUT2D eigenvalue weighted by atomic mass is 10.2. The van der Waals surface area contributed by atoms with Crippen molar-refractivity contribution in [1.82, 2.24) is 5.32 Å². The molecule has 0 fully saturated rings. The summed E-state index contributed by atoms with van der Waals surface area (Å²) in [6.45, 7) is 5.17. The number of hydrogen-bond donors (Lipinski definition) is 1. The zero-order valence-corrected chi connectivity index (χ0v) is 10.3. The fourth-order valence-electron chi connectivity index (χ4n) is 1.26. The molecule has 1 aromatic carbocycles. The molecule has 0 aliphatic heterocycles. The van der Waals surface area contributed by atoms with Crippen molar-refractivity contribution in [3.05, 3.63) is 28.8 Å². The van der Waals surface area contributed by atoms with Crippen LogP contribution in [0.1, 0.15) is 19.4 Å². The first kappa shape index (κ1) is 12.9. The van der Waals surface area contributed by atoms with Crippen molar-refractivity contribution in [2.75, 3.05) is 6.61 Å². The first-order chi connectivity index (χ1) is 7.63. The Kier molecular flexibility index (Phi) is 5.18. The molecule has 0 aromatic heterocycles. The Balaban J connectivity index is 2.77. The highest BCUT2D eigenvalue weighted by molar-refractivity contribution is 6.30. The summed E-state index contributed by atoms with van der Waals surface area (Å²) in [5.74, 6) is 3.23. The van der Waals surface area contributed by atoms with Crippen LogP contribution in [0.25, 0.3) is 0 Å². The molecule has 0 unspecified atom stereocenters. The third kappa shape index (κ3) is 4.14. The van der Waals surface area contributed by atoms with Gasteiger partial charge in [-0.2, -0.15) is 0 Å².